The van der Waals surface area contributed by atoms with Gasteiger partial charge in [0.05, 0.1) is 0 Å². The number of carbonyl (C=O) groups excluding carboxylic acids is 1. The number of hydrogen-bond donors (Lipinski definition) is 0. The van der Waals surface area contributed by atoms with Gasteiger partial charge in [0.15, 0.2) is 0 Å². The van der Waals surface area contributed by atoms with Gasteiger partial charge in [0.2, 0.25) is 0 Å². The summed E-state index contributed by atoms with van der Waals surface area (Å²) in [5.41, 5.74) is 1.95. The predicted molar refractivity (Wildman–Crippen MR) is 92.6 cm³/mol. The first kappa shape index (κ1) is 17.2. The van der Waals surface area contributed by atoms with Gasteiger partial charge in [0.25, 0.3) is 0 Å². The average molecular weight is 333 g/mol. The van der Waals surface area contributed by atoms with Crippen LogP contribution >= 0.6 is 0 Å². The van der Waals surface area contributed by atoms with Crippen molar-refractivity contribution in [2.75, 3.05) is 13.1 Å². The Kier molecular flexibility index (Phi) is 4.35. The van der Waals surface area contributed by atoms with E-state index in [4.69, 9.17) is 4.74 Å². The fraction of sp³-hybridized carbons (Fsp3) is 0.650. The van der Waals surface area contributed by atoms with Crippen LogP contribution in [-0.4, -0.2) is 29.7 Å². The third kappa shape index (κ3) is 3.57. The molecule has 1 spiro atoms. The van der Waals surface area contributed by atoms with Crippen LogP contribution in [0.15, 0.2) is 18.2 Å². The molecule has 132 valence electrons. The Labute approximate surface area is 144 Å². The van der Waals surface area contributed by atoms with Crippen LogP contribution in [0.1, 0.15) is 64.0 Å². The molecule has 1 saturated heterocycles. The van der Waals surface area contributed by atoms with Gasteiger partial charge in [0, 0.05) is 18.5 Å². The number of likely N-dealkylation sites (tertiary alicyclic amines) is 1. The zero-order valence-corrected chi connectivity index (χ0v) is 15.2. The van der Waals surface area contributed by atoms with Gasteiger partial charge in [-0.05, 0) is 75.6 Å². The molecule has 0 bridgehead atoms. The quantitative estimate of drug-likeness (QED) is 0.771. The van der Waals surface area contributed by atoms with E-state index in [1.807, 2.05) is 20.8 Å². The molecule has 2 fully saturated rings. The number of benzene rings is 1. The van der Waals surface area contributed by atoms with Crippen LogP contribution in [0.3, 0.4) is 0 Å². The van der Waals surface area contributed by atoms with Gasteiger partial charge < -0.3 is 9.64 Å². The lowest BCUT2D eigenvalue weighted by Gasteiger charge is -2.48. The van der Waals surface area contributed by atoms with Gasteiger partial charge in [0.1, 0.15) is 11.4 Å². The van der Waals surface area contributed by atoms with Crippen LogP contribution in [-0.2, 0) is 11.2 Å². The predicted octanol–water partition coefficient (Wildman–Crippen LogP) is 4.89. The molecule has 3 nitrogen and oxygen atoms in total. The Hall–Kier alpha value is -1.58. The van der Waals surface area contributed by atoms with Crippen molar-refractivity contribution in [3.63, 3.8) is 0 Å². The summed E-state index contributed by atoms with van der Waals surface area (Å²) >= 11 is 0. The number of carbonyl (C=O) groups is 1. The molecule has 1 saturated carbocycles. The zero-order chi connectivity index (χ0) is 17.5. The monoisotopic (exact) mass is 333 g/mol. The molecule has 1 aromatic rings. The lowest BCUT2D eigenvalue weighted by Crippen LogP contribution is -2.58. The molecule has 1 heterocycles. The van der Waals surface area contributed by atoms with Crippen molar-refractivity contribution in [3.8, 4) is 0 Å². The molecule has 1 unspecified atom stereocenters. The number of aryl methyl sites for hydroxylation is 1. The minimum Gasteiger partial charge on any atom is -0.444 e. The summed E-state index contributed by atoms with van der Waals surface area (Å²) in [6.45, 7) is 9.27. The van der Waals surface area contributed by atoms with E-state index < -0.39 is 5.60 Å². The maximum atomic E-state index is 13.8. The summed E-state index contributed by atoms with van der Waals surface area (Å²) in [6.07, 6.45) is 3.87. The number of ether oxygens (including phenoxy) is 1. The molecule has 1 aromatic carbocycles. The van der Waals surface area contributed by atoms with Gasteiger partial charge in [-0.1, -0.05) is 13.0 Å². The highest BCUT2D eigenvalue weighted by atomic mass is 19.1. The first-order valence-electron chi connectivity index (χ1n) is 8.97. The number of halogens is 1. The number of rotatable bonds is 2. The van der Waals surface area contributed by atoms with Crippen LogP contribution in [0.25, 0.3) is 0 Å². The molecule has 0 aromatic heterocycles. The van der Waals surface area contributed by atoms with Crippen LogP contribution in [0, 0.1) is 11.2 Å². The number of nitrogens with zero attached hydrogens (tertiary/aromatic N) is 1. The molecular formula is C20H28FNO2. The second kappa shape index (κ2) is 6.05. The van der Waals surface area contributed by atoms with Crippen LogP contribution in [0.2, 0.25) is 0 Å². The topological polar surface area (TPSA) is 29.5 Å². The van der Waals surface area contributed by atoms with Crippen LogP contribution < -0.4 is 0 Å². The lowest BCUT2D eigenvalue weighted by molar-refractivity contribution is -0.0323. The molecule has 3 rings (SSSR count). The van der Waals surface area contributed by atoms with Crippen molar-refractivity contribution in [1.29, 1.82) is 0 Å². The summed E-state index contributed by atoms with van der Waals surface area (Å²) in [4.78, 5) is 13.9. The van der Waals surface area contributed by atoms with E-state index in [1.54, 1.807) is 17.0 Å². The first-order chi connectivity index (χ1) is 11.2. The third-order valence-electron chi connectivity index (χ3n) is 5.27. The van der Waals surface area contributed by atoms with E-state index in [0.717, 1.165) is 49.9 Å². The standard InChI is InChI=1S/C20H28FNO2/c1-5-14-8-16(10-17(21)9-14)15-6-7-20(11-15)12-22(13-20)18(23)24-19(2,3)4/h8-10,15H,5-7,11-13H2,1-4H3. The van der Waals surface area contributed by atoms with Gasteiger partial charge in [-0.15, -0.1) is 0 Å². The highest BCUT2D eigenvalue weighted by Crippen LogP contribution is 2.52. The van der Waals surface area contributed by atoms with E-state index in [-0.39, 0.29) is 17.3 Å². The maximum Gasteiger partial charge on any atom is 0.410 e. The zero-order valence-electron chi connectivity index (χ0n) is 15.2. The first-order valence-corrected chi connectivity index (χ1v) is 8.97. The SMILES string of the molecule is CCc1cc(F)cc(C2CCC3(C2)CN(C(=O)OC(C)(C)C)C3)c1. The molecule has 4 heteroatoms. The van der Waals surface area contributed by atoms with Crippen molar-refractivity contribution in [2.24, 2.45) is 5.41 Å². The average Bonchev–Trinajstić information content (AvgIpc) is 2.88. The maximum absolute atomic E-state index is 13.8. The van der Waals surface area contributed by atoms with Gasteiger partial charge in [-0.2, -0.15) is 0 Å². The van der Waals surface area contributed by atoms with Gasteiger partial charge in [-0.3, -0.25) is 0 Å². The van der Waals surface area contributed by atoms with E-state index in [9.17, 15) is 9.18 Å². The Balaban J connectivity index is 1.61. The Morgan fingerprint density at radius 3 is 2.67 bits per heavy atom. The minimum absolute atomic E-state index is 0.130. The normalized spacial score (nSPS) is 22.5. The number of hydrogen-bond acceptors (Lipinski definition) is 2. The Morgan fingerprint density at radius 2 is 2.04 bits per heavy atom. The molecule has 1 aliphatic heterocycles. The summed E-state index contributed by atoms with van der Waals surface area (Å²) in [5.74, 6) is 0.279. The molecule has 1 amide bonds. The van der Waals surface area contributed by atoms with Crippen molar-refractivity contribution in [2.45, 2.75) is 64.9 Å². The fourth-order valence-electron chi connectivity index (χ4n) is 4.11. The highest BCUT2D eigenvalue weighted by Gasteiger charge is 2.50. The molecule has 0 radical (unpaired) electrons. The van der Waals surface area contributed by atoms with E-state index in [1.165, 1.54) is 0 Å². The van der Waals surface area contributed by atoms with Crippen molar-refractivity contribution >= 4 is 6.09 Å². The molecular weight excluding hydrogens is 305 g/mol. The third-order valence-corrected chi connectivity index (χ3v) is 5.27. The van der Waals surface area contributed by atoms with Crippen molar-refractivity contribution < 1.29 is 13.9 Å². The van der Waals surface area contributed by atoms with E-state index in [2.05, 4.69) is 13.0 Å². The van der Waals surface area contributed by atoms with Crippen LogP contribution in [0.4, 0.5) is 9.18 Å². The van der Waals surface area contributed by atoms with Crippen molar-refractivity contribution in [1.82, 2.24) is 4.90 Å². The van der Waals surface area contributed by atoms with E-state index >= 15 is 0 Å². The lowest BCUT2D eigenvalue weighted by atomic mass is 9.77. The Bertz CT molecular complexity index is 629. The summed E-state index contributed by atoms with van der Waals surface area (Å²) in [5, 5.41) is 0. The van der Waals surface area contributed by atoms with E-state index in [0.29, 0.717) is 5.92 Å². The molecule has 2 aliphatic rings. The second-order valence-corrected chi connectivity index (χ2v) is 8.52. The van der Waals surface area contributed by atoms with Gasteiger partial charge >= 0.3 is 6.09 Å². The number of amides is 1. The smallest absolute Gasteiger partial charge is 0.410 e. The van der Waals surface area contributed by atoms with Gasteiger partial charge in [-0.25, -0.2) is 9.18 Å². The molecule has 1 aliphatic carbocycles. The largest absolute Gasteiger partial charge is 0.444 e. The fourth-order valence-corrected chi connectivity index (χ4v) is 4.11. The highest BCUT2D eigenvalue weighted by molar-refractivity contribution is 5.69. The Morgan fingerprint density at radius 1 is 1.33 bits per heavy atom. The molecule has 24 heavy (non-hydrogen) atoms. The minimum atomic E-state index is -0.448. The second-order valence-electron chi connectivity index (χ2n) is 8.52. The molecule has 1 atom stereocenters. The van der Waals surface area contributed by atoms with Crippen LogP contribution in [0.5, 0.6) is 0 Å². The summed E-state index contributed by atoms with van der Waals surface area (Å²) < 4.78 is 19.3. The summed E-state index contributed by atoms with van der Waals surface area (Å²) in [6, 6.07) is 5.46. The van der Waals surface area contributed by atoms with Crippen molar-refractivity contribution in [3.05, 3.63) is 35.1 Å². The molecule has 0 N–H and O–H groups in total. The summed E-state index contributed by atoms with van der Waals surface area (Å²) in [7, 11) is 0.